The molecular formula is C20H19BrO2. The highest BCUT2D eigenvalue weighted by Gasteiger charge is 2.14. The number of hydrogen-bond donors (Lipinski definition) is 1. The summed E-state index contributed by atoms with van der Waals surface area (Å²) in [5, 5.41) is 12.8. The highest BCUT2D eigenvalue weighted by atomic mass is 79.9. The van der Waals surface area contributed by atoms with E-state index in [1.54, 1.807) is 7.11 Å². The van der Waals surface area contributed by atoms with Crippen molar-refractivity contribution in [2.24, 2.45) is 0 Å². The predicted octanol–water partition coefficient (Wildman–Crippen LogP) is 5.20. The Balaban J connectivity index is 1.92. The highest BCUT2D eigenvalue weighted by Crippen LogP contribution is 2.34. The van der Waals surface area contributed by atoms with E-state index in [1.807, 2.05) is 30.3 Å². The van der Waals surface area contributed by atoms with E-state index in [-0.39, 0.29) is 0 Å². The maximum absolute atomic E-state index is 10.6. The molecule has 0 saturated carbocycles. The molecule has 0 heterocycles. The lowest BCUT2D eigenvalue weighted by Crippen LogP contribution is -2.03. The molecule has 3 rings (SSSR count). The molecule has 0 radical (unpaired) electrons. The maximum atomic E-state index is 10.6. The van der Waals surface area contributed by atoms with Crippen LogP contribution < -0.4 is 4.74 Å². The Kier molecular flexibility index (Phi) is 4.69. The van der Waals surface area contributed by atoms with Gasteiger partial charge in [0.25, 0.3) is 0 Å². The van der Waals surface area contributed by atoms with Crippen molar-refractivity contribution in [2.75, 3.05) is 7.11 Å². The third-order valence-electron chi connectivity index (χ3n) is 4.10. The fraction of sp³-hybridized carbons (Fsp3) is 0.200. The smallest absolute Gasteiger partial charge is 0.119 e. The topological polar surface area (TPSA) is 29.5 Å². The Bertz CT molecular complexity index is 825. The summed E-state index contributed by atoms with van der Waals surface area (Å²) in [7, 11) is 1.66. The quantitative estimate of drug-likeness (QED) is 0.684. The SMILES string of the molecule is COc1ccc2c(Br)c(C(O)Cc3ccc(C)cc3)ccc2c1. The van der Waals surface area contributed by atoms with Crippen molar-refractivity contribution in [1.82, 2.24) is 0 Å². The van der Waals surface area contributed by atoms with Gasteiger partial charge in [-0.25, -0.2) is 0 Å². The van der Waals surface area contributed by atoms with E-state index in [9.17, 15) is 5.11 Å². The molecule has 0 fully saturated rings. The second-order valence-corrected chi connectivity index (χ2v) is 6.55. The number of aryl methyl sites for hydroxylation is 1. The molecule has 118 valence electrons. The summed E-state index contributed by atoms with van der Waals surface area (Å²) < 4.78 is 6.21. The minimum atomic E-state index is -0.543. The van der Waals surface area contributed by atoms with E-state index in [4.69, 9.17) is 4.74 Å². The first kappa shape index (κ1) is 16.0. The first-order valence-corrected chi connectivity index (χ1v) is 8.37. The van der Waals surface area contributed by atoms with Gasteiger partial charge < -0.3 is 9.84 Å². The third kappa shape index (κ3) is 3.41. The second-order valence-electron chi connectivity index (χ2n) is 5.76. The van der Waals surface area contributed by atoms with E-state index < -0.39 is 6.10 Å². The lowest BCUT2D eigenvalue weighted by atomic mass is 9.98. The summed E-state index contributed by atoms with van der Waals surface area (Å²) in [6.07, 6.45) is 0.0548. The zero-order valence-electron chi connectivity index (χ0n) is 13.2. The summed E-state index contributed by atoms with van der Waals surface area (Å²) in [5.74, 6) is 0.831. The average Bonchev–Trinajstić information content (AvgIpc) is 2.56. The van der Waals surface area contributed by atoms with Crippen LogP contribution in [0.4, 0.5) is 0 Å². The monoisotopic (exact) mass is 370 g/mol. The zero-order valence-corrected chi connectivity index (χ0v) is 14.8. The van der Waals surface area contributed by atoms with Crippen molar-refractivity contribution in [1.29, 1.82) is 0 Å². The fourth-order valence-electron chi connectivity index (χ4n) is 2.73. The van der Waals surface area contributed by atoms with Gasteiger partial charge in [-0.15, -0.1) is 0 Å². The zero-order chi connectivity index (χ0) is 16.4. The molecule has 1 N–H and O–H groups in total. The normalized spacial score (nSPS) is 12.3. The molecule has 1 atom stereocenters. The Morgan fingerprint density at radius 1 is 1.04 bits per heavy atom. The van der Waals surface area contributed by atoms with Crippen LogP contribution in [-0.4, -0.2) is 12.2 Å². The van der Waals surface area contributed by atoms with Gasteiger partial charge in [-0.3, -0.25) is 0 Å². The summed E-state index contributed by atoms with van der Waals surface area (Å²) in [5.41, 5.74) is 3.26. The molecule has 0 aliphatic heterocycles. The lowest BCUT2D eigenvalue weighted by molar-refractivity contribution is 0.178. The van der Waals surface area contributed by atoms with Crippen LogP contribution in [0.15, 0.2) is 59.1 Å². The Morgan fingerprint density at radius 2 is 1.78 bits per heavy atom. The molecule has 3 heteroatoms. The van der Waals surface area contributed by atoms with Gasteiger partial charge in [0.2, 0.25) is 0 Å². The third-order valence-corrected chi connectivity index (χ3v) is 4.98. The van der Waals surface area contributed by atoms with Crippen LogP contribution in [0, 0.1) is 6.92 Å². The lowest BCUT2D eigenvalue weighted by Gasteiger charge is -2.15. The Labute approximate surface area is 144 Å². The van der Waals surface area contributed by atoms with E-state index in [1.165, 1.54) is 5.56 Å². The van der Waals surface area contributed by atoms with Crippen molar-refractivity contribution in [3.05, 3.63) is 75.8 Å². The number of methoxy groups -OCH3 is 1. The second kappa shape index (κ2) is 6.73. The Hall–Kier alpha value is -1.84. The maximum Gasteiger partial charge on any atom is 0.119 e. The molecule has 2 nitrogen and oxygen atoms in total. The van der Waals surface area contributed by atoms with Crippen LogP contribution >= 0.6 is 15.9 Å². The fourth-order valence-corrected chi connectivity index (χ4v) is 3.49. The molecule has 0 aliphatic carbocycles. The predicted molar refractivity (Wildman–Crippen MR) is 98.0 cm³/mol. The van der Waals surface area contributed by atoms with Crippen LogP contribution in [-0.2, 0) is 6.42 Å². The number of halogens is 1. The van der Waals surface area contributed by atoms with Crippen molar-refractivity contribution in [2.45, 2.75) is 19.4 Å². The Morgan fingerprint density at radius 3 is 2.48 bits per heavy atom. The standard InChI is InChI=1S/C20H19BrO2/c1-13-3-5-14(6-4-13)11-19(22)18-9-7-15-12-16(23-2)8-10-17(15)20(18)21/h3-10,12,19,22H,11H2,1-2H3. The van der Waals surface area contributed by atoms with Crippen LogP contribution in [0.3, 0.4) is 0 Å². The molecule has 0 bridgehead atoms. The van der Waals surface area contributed by atoms with E-state index >= 15 is 0 Å². The van der Waals surface area contributed by atoms with Crippen molar-refractivity contribution in [3.63, 3.8) is 0 Å². The average molecular weight is 371 g/mol. The van der Waals surface area contributed by atoms with E-state index in [0.29, 0.717) is 6.42 Å². The molecule has 0 aromatic heterocycles. The molecule has 0 amide bonds. The number of fused-ring (bicyclic) bond motifs is 1. The number of aliphatic hydroxyl groups excluding tert-OH is 1. The number of hydrogen-bond acceptors (Lipinski definition) is 2. The van der Waals surface area contributed by atoms with E-state index in [0.717, 1.165) is 32.1 Å². The molecule has 3 aromatic carbocycles. The molecule has 23 heavy (non-hydrogen) atoms. The molecule has 0 aliphatic rings. The van der Waals surface area contributed by atoms with Gasteiger partial charge in [0.1, 0.15) is 5.75 Å². The van der Waals surface area contributed by atoms with Crippen molar-refractivity contribution >= 4 is 26.7 Å². The van der Waals surface area contributed by atoms with Crippen LogP contribution in [0.5, 0.6) is 5.75 Å². The summed E-state index contributed by atoms with van der Waals surface area (Å²) in [6.45, 7) is 2.06. The van der Waals surface area contributed by atoms with Gasteiger partial charge in [-0.1, -0.05) is 42.0 Å². The number of aliphatic hydroxyl groups is 1. The van der Waals surface area contributed by atoms with Crippen molar-refractivity contribution < 1.29 is 9.84 Å². The number of ether oxygens (including phenoxy) is 1. The first-order chi connectivity index (χ1) is 11.1. The summed E-state index contributed by atoms with van der Waals surface area (Å²) in [4.78, 5) is 0. The molecular weight excluding hydrogens is 352 g/mol. The van der Waals surface area contributed by atoms with Crippen molar-refractivity contribution in [3.8, 4) is 5.75 Å². The largest absolute Gasteiger partial charge is 0.497 e. The summed E-state index contributed by atoms with van der Waals surface area (Å²) in [6, 6.07) is 18.2. The molecule has 0 saturated heterocycles. The molecule has 3 aromatic rings. The minimum absolute atomic E-state index is 0.543. The first-order valence-electron chi connectivity index (χ1n) is 7.58. The minimum Gasteiger partial charge on any atom is -0.497 e. The van der Waals surface area contributed by atoms with Gasteiger partial charge in [-0.2, -0.15) is 0 Å². The van der Waals surface area contributed by atoms with Crippen LogP contribution in [0.1, 0.15) is 22.8 Å². The van der Waals surface area contributed by atoms with Gasteiger partial charge in [-0.05, 0) is 63.0 Å². The molecule has 1 unspecified atom stereocenters. The van der Waals surface area contributed by atoms with Crippen LogP contribution in [0.25, 0.3) is 10.8 Å². The van der Waals surface area contributed by atoms with Gasteiger partial charge in [0, 0.05) is 10.9 Å². The molecule has 0 spiro atoms. The van der Waals surface area contributed by atoms with E-state index in [2.05, 4.69) is 47.1 Å². The number of benzene rings is 3. The van der Waals surface area contributed by atoms with Gasteiger partial charge >= 0.3 is 0 Å². The highest BCUT2D eigenvalue weighted by molar-refractivity contribution is 9.10. The van der Waals surface area contributed by atoms with Gasteiger partial charge in [0.05, 0.1) is 13.2 Å². The number of rotatable bonds is 4. The van der Waals surface area contributed by atoms with Gasteiger partial charge in [0.15, 0.2) is 0 Å². The summed E-state index contributed by atoms with van der Waals surface area (Å²) >= 11 is 3.65. The van der Waals surface area contributed by atoms with Crippen LogP contribution in [0.2, 0.25) is 0 Å².